The number of allylic oxidation sites excluding steroid dienone is 1. The first-order valence-electron chi connectivity index (χ1n) is 10.6. The molecule has 2 heterocycles. The van der Waals surface area contributed by atoms with Crippen molar-refractivity contribution in [2.24, 2.45) is 0 Å². The Morgan fingerprint density at radius 1 is 1.34 bits per heavy atom. The lowest BCUT2D eigenvalue weighted by atomic mass is 10.1. The summed E-state index contributed by atoms with van der Waals surface area (Å²) < 4.78 is 23.6. The van der Waals surface area contributed by atoms with Gasteiger partial charge in [0.15, 0.2) is 0 Å². The van der Waals surface area contributed by atoms with Crippen LogP contribution in [0.1, 0.15) is 43.5 Å². The average Bonchev–Trinajstić information content (AvgIpc) is 3.27. The molecule has 9 heteroatoms. The van der Waals surface area contributed by atoms with Crippen LogP contribution in [0.3, 0.4) is 0 Å². The van der Waals surface area contributed by atoms with E-state index in [2.05, 4.69) is 21.8 Å². The maximum Gasteiger partial charge on any atom is 0.257 e. The van der Waals surface area contributed by atoms with Crippen LogP contribution < -0.4 is 20.1 Å². The van der Waals surface area contributed by atoms with Crippen LogP contribution in [-0.4, -0.2) is 40.4 Å². The van der Waals surface area contributed by atoms with Gasteiger partial charge in [-0.3, -0.25) is 9.36 Å². The molecule has 172 valence electrons. The maximum absolute atomic E-state index is 12.9. The predicted octanol–water partition coefficient (Wildman–Crippen LogP) is 4.82. The van der Waals surface area contributed by atoms with E-state index in [4.69, 9.17) is 9.47 Å². The molecule has 7 nitrogen and oxygen atoms in total. The minimum atomic E-state index is -3.39. The van der Waals surface area contributed by atoms with Gasteiger partial charge in [0.05, 0.1) is 18.0 Å². The van der Waals surface area contributed by atoms with E-state index >= 15 is 0 Å². The monoisotopic (exact) mass is 476 g/mol. The van der Waals surface area contributed by atoms with Gasteiger partial charge in [-0.2, -0.15) is 0 Å². The van der Waals surface area contributed by atoms with Crippen LogP contribution in [0.4, 0.5) is 5.82 Å². The molecule has 1 aliphatic heterocycles. The molecule has 1 aliphatic rings. The van der Waals surface area contributed by atoms with Crippen LogP contribution in [0.2, 0.25) is 0 Å². The molecule has 3 unspecified atom stereocenters. The first kappa shape index (κ1) is 24.4. The molecular formula is C23H29N2O5PS. The van der Waals surface area contributed by atoms with Crippen molar-refractivity contribution < 1.29 is 23.7 Å². The van der Waals surface area contributed by atoms with E-state index < -0.39 is 7.37 Å². The molecule has 0 fully saturated rings. The van der Waals surface area contributed by atoms with Crippen molar-refractivity contribution in [1.82, 2.24) is 4.98 Å². The molecule has 2 aromatic rings. The lowest BCUT2D eigenvalue weighted by Gasteiger charge is -2.16. The second-order valence-corrected chi connectivity index (χ2v) is 11.3. The lowest BCUT2D eigenvalue weighted by molar-refractivity contribution is 0.102. The minimum Gasteiger partial charge on any atom is -0.493 e. The SMILES string of the molecule is CCC(C)Oc1cc(OCCC2CC=CS2)cc(C(=O)Nc2ccc(P(C)(=O)O)cn2)c1. The first-order chi connectivity index (χ1) is 15.2. The van der Waals surface area contributed by atoms with E-state index in [0.29, 0.717) is 28.9 Å². The van der Waals surface area contributed by atoms with Gasteiger partial charge >= 0.3 is 0 Å². The quantitative estimate of drug-likeness (QED) is 0.474. The molecule has 0 radical (unpaired) electrons. The van der Waals surface area contributed by atoms with Crippen molar-refractivity contribution in [2.75, 3.05) is 18.6 Å². The number of nitrogens with one attached hydrogen (secondary N) is 1. The fourth-order valence-electron chi connectivity index (χ4n) is 2.99. The summed E-state index contributed by atoms with van der Waals surface area (Å²) in [5.41, 5.74) is 0.381. The van der Waals surface area contributed by atoms with Gasteiger partial charge in [0.2, 0.25) is 7.37 Å². The van der Waals surface area contributed by atoms with Crippen molar-refractivity contribution in [3.8, 4) is 11.5 Å². The number of rotatable bonds is 10. The topological polar surface area (TPSA) is 97.8 Å². The molecule has 0 spiro atoms. The van der Waals surface area contributed by atoms with Gasteiger partial charge in [0, 0.05) is 29.7 Å². The minimum absolute atomic E-state index is 0.000415. The van der Waals surface area contributed by atoms with E-state index in [1.807, 2.05) is 25.6 Å². The van der Waals surface area contributed by atoms with Crippen molar-refractivity contribution in [2.45, 2.75) is 44.5 Å². The molecule has 32 heavy (non-hydrogen) atoms. The molecule has 1 aromatic heterocycles. The Kier molecular flexibility index (Phi) is 8.40. The van der Waals surface area contributed by atoms with E-state index in [9.17, 15) is 14.3 Å². The summed E-state index contributed by atoms with van der Waals surface area (Å²) in [6.45, 7) is 5.79. The van der Waals surface area contributed by atoms with Crippen LogP contribution in [0.15, 0.2) is 48.0 Å². The fraction of sp³-hybridized carbons (Fsp3) is 0.391. The van der Waals surface area contributed by atoms with E-state index in [0.717, 1.165) is 19.3 Å². The number of benzene rings is 1. The van der Waals surface area contributed by atoms with Crippen molar-refractivity contribution in [3.05, 3.63) is 53.6 Å². The van der Waals surface area contributed by atoms with Gasteiger partial charge in [-0.25, -0.2) is 4.98 Å². The summed E-state index contributed by atoms with van der Waals surface area (Å²) >= 11 is 1.81. The van der Waals surface area contributed by atoms with Crippen LogP contribution in [-0.2, 0) is 4.57 Å². The van der Waals surface area contributed by atoms with Gasteiger partial charge in [0.25, 0.3) is 5.91 Å². The Hall–Kier alpha value is -2.28. The number of hydrogen-bond acceptors (Lipinski definition) is 6. The molecule has 3 atom stereocenters. The molecule has 0 aliphatic carbocycles. The lowest BCUT2D eigenvalue weighted by Crippen LogP contribution is -2.16. The summed E-state index contributed by atoms with van der Waals surface area (Å²) in [7, 11) is -3.39. The normalized spacial score (nSPS) is 18.1. The third kappa shape index (κ3) is 7.12. The number of ether oxygens (including phenoxy) is 2. The highest BCUT2D eigenvalue weighted by molar-refractivity contribution is 8.03. The van der Waals surface area contributed by atoms with Gasteiger partial charge in [-0.15, -0.1) is 11.8 Å². The molecule has 3 rings (SSSR count). The van der Waals surface area contributed by atoms with Crippen LogP contribution in [0.25, 0.3) is 0 Å². The fourth-order valence-corrected chi connectivity index (χ4v) is 4.51. The van der Waals surface area contributed by atoms with Gasteiger partial charge in [-0.1, -0.05) is 13.0 Å². The second-order valence-electron chi connectivity index (χ2n) is 7.77. The highest BCUT2D eigenvalue weighted by Gasteiger charge is 2.16. The van der Waals surface area contributed by atoms with Gasteiger partial charge in [0.1, 0.15) is 17.3 Å². The molecule has 1 amide bonds. The Balaban J connectivity index is 1.72. The summed E-state index contributed by atoms with van der Waals surface area (Å²) in [6.07, 6.45) is 6.26. The number of hydrogen-bond donors (Lipinski definition) is 2. The van der Waals surface area contributed by atoms with E-state index in [1.165, 1.54) is 25.0 Å². The van der Waals surface area contributed by atoms with Gasteiger partial charge in [-0.05, 0) is 55.9 Å². The number of carbonyl (C=O) groups is 1. The average molecular weight is 477 g/mol. The number of carbonyl (C=O) groups excluding carboxylic acids is 1. The van der Waals surface area contributed by atoms with Crippen molar-refractivity contribution in [3.63, 3.8) is 0 Å². The Labute approximate surface area is 193 Å². The zero-order valence-corrected chi connectivity index (χ0v) is 20.2. The Morgan fingerprint density at radius 3 is 2.75 bits per heavy atom. The molecule has 0 bridgehead atoms. The summed E-state index contributed by atoms with van der Waals surface area (Å²) in [5.74, 6) is 1.05. The summed E-state index contributed by atoms with van der Waals surface area (Å²) in [5, 5.41) is 5.59. The number of anilines is 1. The number of thioether (sulfide) groups is 1. The number of pyridine rings is 1. The second kappa shape index (κ2) is 11.0. The predicted molar refractivity (Wildman–Crippen MR) is 130 cm³/mol. The number of amides is 1. The Morgan fingerprint density at radius 2 is 2.12 bits per heavy atom. The molecular weight excluding hydrogens is 447 g/mol. The standard InChI is InChI=1S/C23H29N2O5PS/c1-4-16(2)30-19-13-17(12-18(14-19)29-10-9-21-6-5-11-32-21)23(26)25-22-8-7-20(15-24-22)31(3,27)28/h5,7-8,11-16,21H,4,6,9-10H2,1-3H3,(H,27,28)(H,24,25,26). The zero-order chi connectivity index (χ0) is 23.1. The zero-order valence-electron chi connectivity index (χ0n) is 18.5. The Bertz CT molecular complexity index is 998. The highest BCUT2D eigenvalue weighted by Crippen LogP contribution is 2.33. The van der Waals surface area contributed by atoms with Crippen LogP contribution in [0.5, 0.6) is 11.5 Å². The third-order valence-corrected chi connectivity index (χ3v) is 7.38. The summed E-state index contributed by atoms with van der Waals surface area (Å²) in [4.78, 5) is 26.6. The summed E-state index contributed by atoms with van der Waals surface area (Å²) in [6, 6.07) is 8.14. The van der Waals surface area contributed by atoms with Gasteiger partial charge < -0.3 is 19.7 Å². The van der Waals surface area contributed by atoms with Crippen LogP contribution in [0, 0.1) is 0 Å². The smallest absolute Gasteiger partial charge is 0.257 e. The molecule has 1 aromatic carbocycles. The highest BCUT2D eigenvalue weighted by atomic mass is 32.2. The van der Waals surface area contributed by atoms with Crippen molar-refractivity contribution in [1.29, 1.82) is 0 Å². The largest absolute Gasteiger partial charge is 0.493 e. The number of nitrogens with zero attached hydrogens (tertiary/aromatic N) is 1. The number of aromatic nitrogens is 1. The molecule has 0 saturated heterocycles. The molecule has 2 N–H and O–H groups in total. The molecule has 0 saturated carbocycles. The van der Waals surface area contributed by atoms with E-state index in [-0.39, 0.29) is 23.1 Å². The first-order valence-corrected chi connectivity index (χ1v) is 13.6. The van der Waals surface area contributed by atoms with Crippen molar-refractivity contribution >= 4 is 36.2 Å². The van der Waals surface area contributed by atoms with Crippen LogP contribution >= 0.6 is 19.1 Å². The third-order valence-electron chi connectivity index (χ3n) is 5.00. The van der Waals surface area contributed by atoms with E-state index in [1.54, 1.807) is 18.2 Å². The maximum atomic E-state index is 12.9.